The first kappa shape index (κ1) is 15.1. The number of fused-ring (bicyclic) bond motifs is 1. The van der Waals surface area contributed by atoms with E-state index in [1.165, 1.54) is 12.1 Å². The topological polar surface area (TPSA) is 45.1 Å². The van der Waals surface area contributed by atoms with E-state index in [-0.39, 0.29) is 5.75 Å². The summed E-state index contributed by atoms with van der Waals surface area (Å²) in [7, 11) is 0. The Morgan fingerprint density at radius 1 is 1.00 bits per heavy atom. The molecule has 0 saturated carbocycles. The molecule has 0 bridgehead atoms. The Labute approximate surface area is 130 Å². The van der Waals surface area contributed by atoms with Crippen LogP contribution < -0.4 is 5.32 Å². The molecule has 0 amide bonds. The third kappa shape index (κ3) is 3.21. The van der Waals surface area contributed by atoms with E-state index < -0.39 is 11.7 Å². The summed E-state index contributed by atoms with van der Waals surface area (Å²) in [5.41, 5.74) is 1.30. The molecule has 3 nitrogen and oxygen atoms in total. The Bertz CT molecular complexity index is 829. The molecule has 0 aliphatic rings. The SMILES string of the molecule is Oc1ccc(CNc2ccc(C(F)(F)F)cc2)c2cccnc12. The van der Waals surface area contributed by atoms with Gasteiger partial charge in [-0.2, -0.15) is 13.2 Å². The van der Waals surface area contributed by atoms with Crippen molar-refractivity contribution in [3.8, 4) is 5.75 Å². The van der Waals surface area contributed by atoms with Crippen LogP contribution in [0.3, 0.4) is 0 Å². The van der Waals surface area contributed by atoms with Gasteiger partial charge >= 0.3 is 6.18 Å². The van der Waals surface area contributed by atoms with Crippen molar-refractivity contribution in [1.82, 2.24) is 4.98 Å². The van der Waals surface area contributed by atoms with Crippen LogP contribution in [0.2, 0.25) is 0 Å². The molecule has 6 heteroatoms. The number of nitrogens with one attached hydrogen (secondary N) is 1. The summed E-state index contributed by atoms with van der Waals surface area (Å²) in [5.74, 6) is 0.0962. The van der Waals surface area contributed by atoms with Crippen molar-refractivity contribution in [3.63, 3.8) is 0 Å². The molecule has 0 saturated heterocycles. The summed E-state index contributed by atoms with van der Waals surface area (Å²) in [6.45, 7) is 0.411. The lowest BCUT2D eigenvalue weighted by Gasteiger charge is -2.11. The van der Waals surface area contributed by atoms with E-state index >= 15 is 0 Å². The second-order valence-electron chi connectivity index (χ2n) is 5.07. The fraction of sp³-hybridized carbons (Fsp3) is 0.118. The molecule has 0 unspecified atom stereocenters. The van der Waals surface area contributed by atoms with Crippen molar-refractivity contribution in [2.75, 3.05) is 5.32 Å². The predicted molar refractivity (Wildman–Crippen MR) is 82.2 cm³/mol. The van der Waals surface area contributed by atoms with E-state index in [1.54, 1.807) is 24.4 Å². The minimum Gasteiger partial charge on any atom is -0.506 e. The number of nitrogens with zero attached hydrogens (tertiary/aromatic N) is 1. The number of hydrogen-bond acceptors (Lipinski definition) is 3. The van der Waals surface area contributed by atoms with Gasteiger partial charge < -0.3 is 10.4 Å². The molecule has 23 heavy (non-hydrogen) atoms. The molecular formula is C17H13F3N2O. The smallest absolute Gasteiger partial charge is 0.416 e. The molecule has 2 N–H and O–H groups in total. The van der Waals surface area contributed by atoms with E-state index in [9.17, 15) is 18.3 Å². The number of benzene rings is 2. The normalized spacial score (nSPS) is 11.6. The van der Waals surface area contributed by atoms with Crippen LogP contribution in [0.1, 0.15) is 11.1 Å². The summed E-state index contributed by atoms with van der Waals surface area (Å²) in [4.78, 5) is 4.13. The molecule has 0 aliphatic heterocycles. The van der Waals surface area contributed by atoms with Gasteiger partial charge in [-0.3, -0.25) is 4.98 Å². The van der Waals surface area contributed by atoms with Crippen LogP contribution in [-0.2, 0) is 12.7 Å². The zero-order valence-corrected chi connectivity index (χ0v) is 11.9. The van der Waals surface area contributed by atoms with Crippen LogP contribution in [0.4, 0.5) is 18.9 Å². The molecule has 0 aliphatic carbocycles. The minimum atomic E-state index is -4.34. The maximum Gasteiger partial charge on any atom is 0.416 e. The highest BCUT2D eigenvalue weighted by Gasteiger charge is 2.29. The molecule has 2 aromatic carbocycles. The molecular weight excluding hydrogens is 305 g/mol. The van der Waals surface area contributed by atoms with Crippen LogP contribution in [0.25, 0.3) is 10.9 Å². The predicted octanol–water partition coefficient (Wildman–Crippen LogP) is 4.57. The third-order valence-corrected chi connectivity index (χ3v) is 3.53. The van der Waals surface area contributed by atoms with Gasteiger partial charge in [0.15, 0.2) is 0 Å². The summed E-state index contributed by atoms with van der Waals surface area (Å²) in [5, 5.41) is 13.7. The number of aromatic hydroxyl groups is 1. The first-order valence-corrected chi connectivity index (χ1v) is 6.92. The summed E-state index contributed by atoms with van der Waals surface area (Å²) >= 11 is 0. The zero-order valence-electron chi connectivity index (χ0n) is 11.9. The molecule has 118 valence electrons. The number of pyridine rings is 1. The van der Waals surface area contributed by atoms with E-state index in [1.807, 2.05) is 6.07 Å². The first-order valence-electron chi connectivity index (χ1n) is 6.92. The second kappa shape index (κ2) is 5.79. The summed E-state index contributed by atoms with van der Waals surface area (Å²) in [6.07, 6.45) is -2.74. The number of phenols is 1. The first-order chi connectivity index (χ1) is 10.9. The van der Waals surface area contributed by atoms with Crippen molar-refractivity contribution in [1.29, 1.82) is 0 Å². The lowest BCUT2D eigenvalue weighted by atomic mass is 10.1. The lowest BCUT2D eigenvalue weighted by Crippen LogP contribution is -2.05. The fourth-order valence-electron chi connectivity index (χ4n) is 2.35. The Morgan fingerprint density at radius 3 is 2.43 bits per heavy atom. The number of rotatable bonds is 3. The van der Waals surface area contributed by atoms with E-state index in [4.69, 9.17) is 0 Å². The van der Waals surface area contributed by atoms with Gasteiger partial charge in [-0.15, -0.1) is 0 Å². The van der Waals surface area contributed by atoms with E-state index in [0.717, 1.165) is 23.1 Å². The highest BCUT2D eigenvalue weighted by atomic mass is 19.4. The highest BCUT2D eigenvalue weighted by Crippen LogP contribution is 2.30. The Morgan fingerprint density at radius 2 is 1.74 bits per heavy atom. The molecule has 0 radical (unpaired) electrons. The Hall–Kier alpha value is -2.76. The van der Waals surface area contributed by atoms with Crippen molar-refractivity contribution in [2.24, 2.45) is 0 Å². The van der Waals surface area contributed by atoms with Gasteiger partial charge in [0.05, 0.1) is 5.56 Å². The Kier molecular flexibility index (Phi) is 3.82. The van der Waals surface area contributed by atoms with Gasteiger partial charge in [0.1, 0.15) is 11.3 Å². The number of phenolic OH excluding ortho intramolecular Hbond substituents is 1. The van der Waals surface area contributed by atoms with E-state index in [2.05, 4.69) is 10.3 Å². The van der Waals surface area contributed by atoms with Crippen molar-refractivity contribution >= 4 is 16.6 Å². The van der Waals surface area contributed by atoms with Gasteiger partial charge in [0.25, 0.3) is 0 Å². The number of anilines is 1. The maximum absolute atomic E-state index is 12.5. The quantitative estimate of drug-likeness (QED) is 0.743. The number of halogens is 3. The Balaban J connectivity index is 1.80. The fourth-order valence-corrected chi connectivity index (χ4v) is 2.35. The monoisotopic (exact) mass is 318 g/mol. The molecule has 3 rings (SSSR count). The molecule has 0 atom stereocenters. The number of alkyl halides is 3. The van der Waals surface area contributed by atoms with Crippen molar-refractivity contribution < 1.29 is 18.3 Å². The van der Waals surface area contributed by atoms with Gasteiger partial charge in [-0.1, -0.05) is 12.1 Å². The van der Waals surface area contributed by atoms with Crippen LogP contribution in [-0.4, -0.2) is 10.1 Å². The van der Waals surface area contributed by atoms with Gasteiger partial charge in [-0.25, -0.2) is 0 Å². The largest absolute Gasteiger partial charge is 0.506 e. The van der Waals surface area contributed by atoms with Crippen molar-refractivity contribution in [3.05, 3.63) is 65.9 Å². The third-order valence-electron chi connectivity index (χ3n) is 3.53. The highest BCUT2D eigenvalue weighted by molar-refractivity contribution is 5.87. The maximum atomic E-state index is 12.5. The van der Waals surface area contributed by atoms with Crippen LogP contribution >= 0.6 is 0 Å². The zero-order chi connectivity index (χ0) is 16.4. The van der Waals surface area contributed by atoms with Gasteiger partial charge in [-0.05, 0) is 42.0 Å². The van der Waals surface area contributed by atoms with Crippen LogP contribution in [0, 0.1) is 0 Å². The average molecular weight is 318 g/mol. The van der Waals surface area contributed by atoms with E-state index in [0.29, 0.717) is 17.7 Å². The standard InChI is InChI=1S/C17H13F3N2O/c18-17(19,20)12-4-6-13(7-5-12)22-10-11-3-8-15(23)16-14(11)2-1-9-21-16/h1-9,22-23H,10H2. The van der Waals surface area contributed by atoms with Crippen LogP contribution in [0.5, 0.6) is 5.75 Å². The second-order valence-corrected chi connectivity index (χ2v) is 5.07. The molecule has 1 aromatic heterocycles. The summed E-state index contributed by atoms with van der Waals surface area (Å²) < 4.78 is 37.6. The van der Waals surface area contributed by atoms with Gasteiger partial charge in [0, 0.05) is 23.8 Å². The number of hydrogen-bond donors (Lipinski definition) is 2. The molecule has 0 spiro atoms. The van der Waals surface area contributed by atoms with Crippen molar-refractivity contribution in [2.45, 2.75) is 12.7 Å². The average Bonchev–Trinajstić information content (AvgIpc) is 2.54. The number of aromatic nitrogens is 1. The molecule has 1 heterocycles. The van der Waals surface area contributed by atoms with Crippen LogP contribution in [0.15, 0.2) is 54.7 Å². The lowest BCUT2D eigenvalue weighted by molar-refractivity contribution is -0.137. The minimum absolute atomic E-state index is 0.0962. The molecule has 0 fully saturated rings. The molecule has 3 aromatic rings. The summed E-state index contributed by atoms with van der Waals surface area (Å²) in [6, 6.07) is 11.8. The van der Waals surface area contributed by atoms with Gasteiger partial charge in [0.2, 0.25) is 0 Å².